The molecule has 2 amide bonds. The average Bonchev–Trinajstić information content (AvgIpc) is 2.82. The maximum atomic E-state index is 12.8. The topological polar surface area (TPSA) is 87.8 Å². The minimum atomic E-state index is -0.758. The summed E-state index contributed by atoms with van der Waals surface area (Å²) in [4.78, 5) is 30.9. The van der Waals surface area contributed by atoms with E-state index in [1.807, 2.05) is 19.1 Å². The summed E-state index contributed by atoms with van der Waals surface area (Å²) in [6.07, 6.45) is 12.5. The second kappa shape index (κ2) is 9.89. The van der Waals surface area contributed by atoms with Gasteiger partial charge in [0.2, 0.25) is 5.91 Å². The number of carbonyl (C=O) groups is 2. The van der Waals surface area contributed by atoms with Crippen LogP contribution in [-0.2, 0) is 9.59 Å². The lowest BCUT2D eigenvalue weighted by atomic mass is 9.91. The number of unbranched alkanes of at least 4 members (excludes halogenated alkanes) is 3. The zero-order valence-electron chi connectivity index (χ0n) is 17.8. The van der Waals surface area contributed by atoms with Crippen LogP contribution >= 0.6 is 0 Å². The summed E-state index contributed by atoms with van der Waals surface area (Å²) in [5.41, 5.74) is 6.31. The Morgan fingerprint density at radius 2 is 2.14 bits per heavy atom. The van der Waals surface area contributed by atoms with E-state index in [9.17, 15) is 9.59 Å². The summed E-state index contributed by atoms with van der Waals surface area (Å²) in [5, 5.41) is 3.06. The van der Waals surface area contributed by atoms with Gasteiger partial charge in [-0.2, -0.15) is 0 Å². The third kappa shape index (κ3) is 5.94. The predicted molar refractivity (Wildman–Crippen MR) is 114 cm³/mol. The van der Waals surface area contributed by atoms with Gasteiger partial charge in [-0.15, -0.1) is 0 Å². The molecule has 0 aromatic rings. The molecule has 0 bridgehead atoms. The third-order valence-electron chi connectivity index (χ3n) is 5.27. The lowest BCUT2D eigenvalue weighted by Gasteiger charge is -2.25. The van der Waals surface area contributed by atoms with Crippen LogP contribution in [0.15, 0.2) is 28.8 Å². The molecule has 1 aliphatic heterocycles. The molecular formula is C22H36N4O2. The van der Waals surface area contributed by atoms with E-state index in [0.29, 0.717) is 31.3 Å². The van der Waals surface area contributed by atoms with Gasteiger partial charge in [-0.25, -0.2) is 4.99 Å². The van der Waals surface area contributed by atoms with Gasteiger partial charge >= 0.3 is 0 Å². The molecule has 1 aliphatic carbocycles. The van der Waals surface area contributed by atoms with E-state index in [0.717, 1.165) is 24.8 Å². The summed E-state index contributed by atoms with van der Waals surface area (Å²) in [6.45, 7) is 8.61. The molecule has 0 fully saturated rings. The fourth-order valence-electron chi connectivity index (χ4n) is 3.90. The van der Waals surface area contributed by atoms with E-state index >= 15 is 0 Å². The number of hydrogen-bond acceptors (Lipinski definition) is 4. The van der Waals surface area contributed by atoms with E-state index in [1.54, 1.807) is 4.90 Å². The fraction of sp³-hybridized carbons (Fsp3) is 0.682. The van der Waals surface area contributed by atoms with Crippen molar-refractivity contribution in [3.8, 4) is 0 Å². The van der Waals surface area contributed by atoms with E-state index in [-0.39, 0.29) is 17.9 Å². The Hall–Kier alpha value is -2.11. The summed E-state index contributed by atoms with van der Waals surface area (Å²) >= 11 is 0. The first kappa shape index (κ1) is 22.2. The molecule has 0 saturated heterocycles. The van der Waals surface area contributed by atoms with E-state index in [1.165, 1.54) is 12.8 Å². The van der Waals surface area contributed by atoms with Gasteiger partial charge in [0, 0.05) is 6.42 Å². The molecule has 0 aromatic carbocycles. The SMILES string of the molecule is CCCCCCC(=O)NC1C=CC(CN2C(=O)C(C)(CC(C)C)N=C2N)=CC1. The van der Waals surface area contributed by atoms with Crippen LogP contribution < -0.4 is 11.1 Å². The highest BCUT2D eigenvalue weighted by atomic mass is 16.2. The van der Waals surface area contributed by atoms with Crippen LogP contribution in [-0.4, -0.2) is 40.8 Å². The number of hydrogen-bond donors (Lipinski definition) is 2. The van der Waals surface area contributed by atoms with Crippen LogP contribution in [0.25, 0.3) is 0 Å². The maximum absolute atomic E-state index is 12.8. The lowest BCUT2D eigenvalue weighted by Crippen LogP contribution is -2.44. The average molecular weight is 389 g/mol. The molecule has 2 atom stereocenters. The molecule has 3 N–H and O–H groups in total. The van der Waals surface area contributed by atoms with Crippen molar-refractivity contribution in [2.24, 2.45) is 16.6 Å². The van der Waals surface area contributed by atoms with Crippen LogP contribution in [0.2, 0.25) is 0 Å². The van der Waals surface area contributed by atoms with Crippen molar-refractivity contribution in [3.63, 3.8) is 0 Å². The molecule has 0 spiro atoms. The summed E-state index contributed by atoms with van der Waals surface area (Å²) < 4.78 is 0. The Balaban J connectivity index is 1.83. The lowest BCUT2D eigenvalue weighted by molar-refractivity contribution is -0.130. The Bertz CT molecular complexity index is 665. The van der Waals surface area contributed by atoms with Crippen molar-refractivity contribution in [1.82, 2.24) is 10.2 Å². The molecule has 2 rings (SSSR count). The number of amides is 2. The number of nitrogens with zero attached hydrogens (tertiary/aromatic N) is 2. The van der Waals surface area contributed by atoms with Crippen LogP contribution in [0, 0.1) is 5.92 Å². The zero-order chi connectivity index (χ0) is 20.7. The predicted octanol–water partition coefficient (Wildman–Crippen LogP) is 3.29. The minimum absolute atomic E-state index is 0.0222. The second-order valence-electron chi connectivity index (χ2n) is 8.59. The smallest absolute Gasteiger partial charge is 0.257 e. The Kier molecular flexibility index (Phi) is 7.84. The largest absolute Gasteiger partial charge is 0.369 e. The van der Waals surface area contributed by atoms with Crippen molar-refractivity contribution in [2.75, 3.05) is 6.54 Å². The van der Waals surface area contributed by atoms with Crippen LogP contribution in [0.1, 0.15) is 72.6 Å². The van der Waals surface area contributed by atoms with Gasteiger partial charge in [-0.1, -0.05) is 58.3 Å². The second-order valence-corrected chi connectivity index (χ2v) is 8.59. The van der Waals surface area contributed by atoms with Crippen molar-refractivity contribution >= 4 is 17.8 Å². The summed E-state index contributed by atoms with van der Waals surface area (Å²) in [5.74, 6) is 0.740. The highest BCUT2D eigenvalue weighted by Gasteiger charge is 2.44. The molecular weight excluding hydrogens is 352 g/mol. The molecule has 0 saturated carbocycles. The number of rotatable bonds is 10. The molecule has 2 aliphatic rings. The molecule has 0 aromatic heterocycles. The Morgan fingerprint density at radius 1 is 1.39 bits per heavy atom. The highest BCUT2D eigenvalue weighted by molar-refractivity contribution is 6.06. The molecule has 156 valence electrons. The zero-order valence-corrected chi connectivity index (χ0v) is 17.8. The van der Waals surface area contributed by atoms with Gasteiger partial charge in [0.25, 0.3) is 5.91 Å². The van der Waals surface area contributed by atoms with Crippen LogP contribution in [0.4, 0.5) is 0 Å². The molecule has 1 heterocycles. The molecule has 0 radical (unpaired) electrons. The molecule has 6 nitrogen and oxygen atoms in total. The third-order valence-corrected chi connectivity index (χ3v) is 5.27. The van der Waals surface area contributed by atoms with Crippen molar-refractivity contribution in [3.05, 3.63) is 23.8 Å². The Labute approximate surface area is 169 Å². The van der Waals surface area contributed by atoms with Crippen LogP contribution in [0.5, 0.6) is 0 Å². The number of carbonyl (C=O) groups excluding carboxylic acids is 2. The van der Waals surface area contributed by atoms with E-state index in [4.69, 9.17) is 5.73 Å². The van der Waals surface area contributed by atoms with Crippen molar-refractivity contribution in [2.45, 2.75) is 84.2 Å². The number of aliphatic imine (C=N–C) groups is 1. The number of guanidine groups is 1. The summed E-state index contributed by atoms with van der Waals surface area (Å²) in [6, 6.07) is 0.0222. The van der Waals surface area contributed by atoms with E-state index < -0.39 is 5.54 Å². The molecule has 2 unspecified atom stereocenters. The van der Waals surface area contributed by atoms with Gasteiger partial charge in [0.05, 0.1) is 12.6 Å². The summed E-state index contributed by atoms with van der Waals surface area (Å²) in [7, 11) is 0. The quantitative estimate of drug-likeness (QED) is 0.563. The van der Waals surface area contributed by atoms with E-state index in [2.05, 4.69) is 37.2 Å². The normalized spacial score (nSPS) is 24.5. The first-order valence-corrected chi connectivity index (χ1v) is 10.6. The molecule has 28 heavy (non-hydrogen) atoms. The van der Waals surface area contributed by atoms with Crippen LogP contribution in [0.3, 0.4) is 0 Å². The highest BCUT2D eigenvalue weighted by Crippen LogP contribution is 2.29. The first-order valence-electron chi connectivity index (χ1n) is 10.6. The minimum Gasteiger partial charge on any atom is -0.369 e. The number of nitrogens with two attached hydrogens (primary N) is 1. The monoisotopic (exact) mass is 388 g/mol. The van der Waals surface area contributed by atoms with Gasteiger partial charge in [-0.05, 0) is 37.7 Å². The Morgan fingerprint density at radius 3 is 2.75 bits per heavy atom. The first-order chi connectivity index (χ1) is 13.2. The van der Waals surface area contributed by atoms with Gasteiger partial charge < -0.3 is 11.1 Å². The molecule has 6 heteroatoms. The van der Waals surface area contributed by atoms with Gasteiger partial charge in [-0.3, -0.25) is 14.5 Å². The van der Waals surface area contributed by atoms with Gasteiger partial charge in [0.1, 0.15) is 5.54 Å². The van der Waals surface area contributed by atoms with Crippen molar-refractivity contribution < 1.29 is 9.59 Å². The fourth-order valence-corrected chi connectivity index (χ4v) is 3.90. The maximum Gasteiger partial charge on any atom is 0.257 e. The van der Waals surface area contributed by atoms with Gasteiger partial charge in [0.15, 0.2) is 5.96 Å². The number of nitrogens with one attached hydrogen (secondary N) is 1. The van der Waals surface area contributed by atoms with Crippen molar-refractivity contribution in [1.29, 1.82) is 0 Å². The standard InChI is InChI=1S/C22H36N4O2/c1-5-6-7-8-9-19(27)24-18-12-10-17(11-13-18)15-26-20(28)22(4,14-16(2)3)25-21(26)23/h10-12,16,18H,5-9,13-15H2,1-4H3,(H2,23,25)(H,24,27).